The van der Waals surface area contributed by atoms with E-state index in [1.807, 2.05) is 74.1 Å². The standard InChI is InChI=1S/C35H36ClNO3S.K.H/c1-34(2,40)30-9-4-3-7-25(30)13-17-32(41-23-35(18-19-35)22-33(38)39)27-8-5-6-24(20-27)10-15-29-16-12-26-11-14-28(36)21-31(26)37-29;;/h3-12,14-16,20-21,32,40H,13,17-19,22-23H2,1-2H3,(H,38,39);;/q;+1;-1/b15-10+;;. The number of carbonyl (C=O) groups is 1. The summed E-state index contributed by atoms with van der Waals surface area (Å²) in [5.41, 5.74) is 5.15. The van der Waals surface area contributed by atoms with Crippen molar-refractivity contribution in [3.63, 3.8) is 0 Å². The molecule has 1 unspecified atom stereocenters. The van der Waals surface area contributed by atoms with Crippen molar-refractivity contribution in [1.82, 2.24) is 4.98 Å². The zero-order chi connectivity index (χ0) is 29.0. The maximum Gasteiger partial charge on any atom is 1.00 e. The summed E-state index contributed by atoms with van der Waals surface area (Å²) >= 11 is 8.04. The Morgan fingerprint density at radius 2 is 1.83 bits per heavy atom. The van der Waals surface area contributed by atoms with Crippen molar-refractivity contribution in [3.8, 4) is 0 Å². The van der Waals surface area contributed by atoms with Gasteiger partial charge in [0.2, 0.25) is 0 Å². The molecule has 2 N–H and O–H groups in total. The Hall–Kier alpha value is -1.48. The van der Waals surface area contributed by atoms with Crippen LogP contribution in [0.15, 0.2) is 78.9 Å². The molecule has 1 saturated carbocycles. The predicted molar refractivity (Wildman–Crippen MR) is 172 cm³/mol. The van der Waals surface area contributed by atoms with Crippen molar-refractivity contribution in [2.24, 2.45) is 5.41 Å². The molecule has 7 heteroatoms. The van der Waals surface area contributed by atoms with Gasteiger partial charge in [-0.25, -0.2) is 4.98 Å². The van der Waals surface area contributed by atoms with Crippen LogP contribution in [0, 0.1) is 5.41 Å². The molecule has 1 heterocycles. The summed E-state index contributed by atoms with van der Waals surface area (Å²) in [6.07, 6.45) is 8.02. The van der Waals surface area contributed by atoms with Crippen molar-refractivity contribution < 1.29 is 67.8 Å². The van der Waals surface area contributed by atoms with Gasteiger partial charge in [-0.15, -0.1) is 0 Å². The van der Waals surface area contributed by atoms with Crippen LogP contribution in [0.5, 0.6) is 0 Å². The number of fused-ring (bicyclic) bond motifs is 1. The molecule has 0 spiro atoms. The zero-order valence-electron chi connectivity index (χ0n) is 25.5. The number of benzene rings is 3. The van der Waals surface area contributed by atoms with Crippen LogP contribution in [0.25, 0.3) is 23.1 Å². The number of hydrogen-bond donors (Lipinski definition) is 2. The van der Waals surface area contributed by atoms with Crippen LogP contribution in [-0.4, -0.2) is 26.9 Å². The number of aryl methyl sites for hydroxylation is 1. The number of aliphatic hydroxyl groups is 1. The van der Waals surface area contributed by atoms with Gasteiger partial charge in [-0.2, -0.15) is 11.8 Å². The molecule has 0 radical (unpaired) electrons. The van der Waals surface area contributed by atoms with E-state index in [1.165, 1.54) is 5.56 Å². The third kappa shape index (κ3) is 9.02. The fourth-order valence-corrected chi connectivity index (χ4v) is 7.09. The minimum absolute atomic E-state index is 0. The number of nitrogens with zero attached hydrogens (tertiary/aromatic N) is 1. The normalized spacial score (nSPS) is 15.0. The molecule has 42 heavy (non-hydrogen) atoms. The molecule has 1 fully saturated rings. The third-order valence-electron chi connectivity index (χ3n) is 7.83. The number of rotatable bonds is 12. The molecule has 4 aromatic rings. The van der Waals surface area contributed by atoms with Gasteiger partial charge in [0.1, 0.15) is 0 Å². The molecule has 4 nitrogen and oxygen atoms in total. The smallest absolute Gasteiger partial charge is 1.00 e. The second-order valence-corrected chi connectivity index (χ2v) is 13.3. The van der Waals surface area contributed by atoms with Crippen molar-refractivity contribution in [2.45, 2.75) is 56.8 Å². The minimum atomic E-state index is -0.911. The van der Waals surface area contributed by atoms with Gasteiger partial charge >= 0.3 is 57.4 Å². The van der Waals surface area contributed by atoms with Gasteiger partial charge < -0.3 is 11.6 Å². The van der Waals surface area contributed by atoms with E-state index in [0.29, 0.717) is 5.02 Å². The molecule has 5 rings (SSSR count). The van der Waals surface area contributed by atoms with Crippen molar-refractivity contribution in [2.75, 3.05) is 5.75 Å². The van der Waals surface area contributed by atoms with Gasteiger partial charge in [-0.05, 0) is 91.5 Å². The molecule has 0 aliphatic heterocycles. The topological polar surface area (TPSA) is 70.4 Å². The first kappa shape index (κ1) is 33.4. The molecule has 1 aliphatic rings. The molecule has 1 aliphatic carbocycles. The number of aliphatic carboxylic acids is 1. The Morgan fingerprint density at radius 3 is 2.57 bits per heavy atom. The van der Waals surface area contributed by atoms with E-state index in [4.69, 9.17) is 16.6 Å². The average molecular weight is 626 g/mol. The first-order valence-corrected chi connectivity index (χ1v) is 15.5. The summed E-state index contributed by atoms with van der Waals surface area (Å²) < 4.78 is 0. The first-order valence-electron chi connectivity index (χ1n) is 14.1. The number of carboxylic acids is 1. The van der Waals surface area contributed by atoms with E-state index in [-0.39, 0.29) is 69.9 Å². The summed E-state index contributed by atoms with van der Waals surface area (Å²) in [7, 11) is 0. The summed E-state index contributed by atoms with van der Waals surface area (Å²) in [5, 5.41) is 22.1. The summed E-state index contributed by atoms with van der Waals surface area (Å²) in [6, 6.07) is 26.5. The van der Waals surface area contributed by atoms with Gasteiger partial charge in [0, 0.05) is 21.4 Å². The quantitative estimate of drug-likeness (QED) is 0.187. The monoisotopic (exact) mass is 625 g/mol. The third-order valence-corrected chi connectivity index (χ3v) is 9.76. The number of pyridine rings is 1. The van der Waals surface area contributed by atoms with E-state index < -0.39 is 11.6 Å². The Morgan fingerprint density at radius 1 is 1.07 bits per heavy atom. The van der Waals surface area contributed by atoms with Crippen molar-refractivity contribution in [3.05, 3.63) is 112 Å². The van der Waals surface area contributed by atoms with Crippen LogP contribution in [0.1, 0.15) is 74.2 Å². The molecule has 0 saturated heterocycles. The number of carboxylic acid groups (broad SMARTS) is 1. The van der Waals surface area contributed by atoms with Gasteiger partial charge in [0.15, 0.2) is 0 Å². The Balaban J connectivity index is 0.00000253. The largest absolute Gasteiger partial charge is 1.00 e. The fraction of sp³-hybridized carbons (Fsp3) is 0.314. The zero-order valence-corrected chi connectivity index (χ0v) is 29.2. The Kier molecular flexibility index (Phi) is 11.6. The van der Waals surface area contributed by atoms with Crippen LogP contribution in [0.3, 0.4) is 0 Å². The number of hydrogen-bond acceptors (Lipinski definition) is 4. The van der Waals surface area contributed by atoms with E-state index in [0.717, 1.165) is 64.7 Å². The molecule has 3 aromatic carbocycles. The summed E-state index contributed by atoms with van der Waals surface area (Å²) in [6.45, 7) is 3.66. The number of halogens is 1. The molecule has 1 aromatic heterocycles. The van der Waals surface area contributed by atoms with Gasteiger partial charge in [0.25, 0.3) is 0 Å². The second kappa shape index (κ2) is 14.5. The average Bonchev–Trinajstić information content (AvgIpc) is 3.70. The minimum Gasteiger partial charge on any atom is -1.00 e. The van der Waals surface area contributed by atoms with E-state index in [2.05, 4.69) is 42.5 Å². The van der Waals surface area contributed by atoms with Gasteiger partial charge in [-0.1, -0.05) is 78.3 Å². The molecular weight excluding hydrogens is 589 g/mol. The predicted octanol–water partition coefficient (Wildman–Crippen LogP) is 6.06. The maximum atomic E-state index is 11.5. The van der Waals surface area contributed by atoms with Crippen LogP contribution in [0.4, 0.5) is 0 Å². The van der Waals surface area contributed by atoms with E-state index in [1.54, 1.807) is 0 Å². The molecule has 0 bridgehead atoms. The van der Waals surface area contributed by atoms with Crippen LogP contribution < -0.4 is 51.4 Å². The number of thioether (sulfide) groups is 1. The van der Waals surface area contributed by atoms with Crippen molar-refractivity contribution in [1.29, 1.82) is 0 Å². The number of aromatic nitrogens is 1. The second-order valence-electron chi connectivity index (χ2n) is 11.7. The van der Waals surface area contributed by atoms with Crippen LogP contribution in [-0.2, 0) is 16.8 Å². The van der Waals surface area contributed by atoms with Gasteiger partial charge in [0.05, 0.1) is 23.2 Å². The fourth-order valence-electron chi connectivity index (χ4n) is 5.36. The van der Waals surface area contributed by atoms with E-state index in [9.17, 15) is 15.0 Å². The first-order chi connectivity index (χ1) is 19.6. The summed E-state index contributed by atoms with van der Waals surface area (Å²) in [4.78, 5) is 16.2. The van der Waals surface area contributed by atoms with Gasteiger partial charge in [-0.3, -0.25) is 4.79 Å². The Labute approximate surface area is 301 Å². The molecule has 1 atom stereocenters. The van der Waals surface area contributed by atoms with E-state index >= 15 is 0 Å². The molecule has 214 valence electrons. The SMILES string of the molecule is CC(C)(O)c1ccccc1CCC(SCC1(CC(=O)O)CC1)c1cccc(/C=C/c2ccc3ccc(Cl)cc3n2)c1.[H-].[K+]. The van der Waals surface area contributed by atoms with Crippen LogP contribution in [0.2, 0.25) is 5.02 Å². The van der Waals surface area contributed by atoms with Crippen molar-refractivity contribution >= 4 is 52.4 Å². The Bertz CT molecular complexity index is 1590. The maximum absolute atomic E-state index is 11.5. The molecular formula is C35H37ClKNO3S. The molecule has 0 amide bonds. The summed E-state index contributed by atoms with van der Waals surface area (Å²) in [5.74, 6) is 0.122. The van der Waals surface area contributed by atoms with Crippen LogP contribution >= 0.6 is 23.4 Å².